The number of aliphatic carboxylic acids is 1. The molecule has 0 saturated heterocycles. The Bertz CT molecular complexity index is 431. The monoisotopic (exact) mass is 250 g/mol. The first kappa shape index (κ1) is 13.7. The highest BCUT2D eigenvalue weighted by Gasteiger charge is 2.07. The number of benzene rings is 1. The zero-order valence-electron chi connectivity index (χ0n) is 9.68. The number of hydrogen-bond donors (Lipinski definition) is 3. The molecule has 0 fully saturated rings. The van der Waals surface area contributed by atoms with Gasteiger partial charge in [-0.2, -0.15) is 0 Å². The van der Waals surface area contributed by atoms with Gasteiger partial charge in [-0.05, 0) is 12.1 Å². The lowest BCUT2D eigenvalue weighted by Gasteiger charge is -2.05. The fourth-order valence-electron chi connectivity index (χ4n) is 1.22. The number of hydrogen-bond acceptors (Lipinski definition) is 3. The normalized spacial score (nSPS) is 9.56. The minimum atomic E-state index is -0.983. The zero-order valence-corrected chi connectivity index (χ0v) is 9.68. The van der Waals surface area contributed by atoms with Gasteiger partial charge >= 0.3 is 5.97 Å². The van der Waals surface area contributed by atoms with E-state index in [1.165, 1.54) is 0 Å². The smallest absolute Gasteiger partial charge is 0.305 e. The second kappa shape index (κ2) is 7.05. The van der Waals surface area contributed by atoms with Crippen LogP contribution in [0, 0.1) is 0 Å². The molecule has 18 heavy (non-hydrogen) atoms. The van der Waals surface area contributed by atoms with Gasteiger partial charge in [0.2, 0.25) is 5.91 Å². The largest absolute Gasteiger partial charge is 0.481 e. The first-order valence-corrected chi connectivity index (χ1v) is 5.41. The molecular weight excluding hydrogens is 236 g/mol. The Morgan fingerprint density at radius 1 is 1.06 bits per heavy atom. The van der Waals surface area contributed by atoms with Crippen molar-refractivity contribution >= 4 is 17.8 Å². The van der Waals surface area contributed by atoms with Crippen LogP contribution >= 0.6 is 0 Å². The van der Waals surface area contributed by atoms with Gasteiger partial charge in [-0.3, -0.25) is 14.4 Å². The maximum absolute atomic E-state index is 11.5. The predicted octanol–water partition coefficient (Wildman–Crippen LogP) is 0.00730. The van der Waals surface area contributed by atoms with Gasteiger partial charge in [0.1, 0.15) is 0 Å². The molecule has 6 nitrogen and oxygen atoms in total. The molecule has 0 aromatic heterocycles. The number of carbonyl (C=O) groups excluding carboxylic acids is 2. The average Bonchev–Trinajstić information content (AvgIpc) is 2.36. The van der Waals surface area contributed by atoms with Crippen molar-refractivity contribution in [2.24, 2.45) is 0 Å². The van der Waals surface area contributed by atoms with Crippen LogP contribution in [0.25, 0.3) is 0 Å². The maximum Gasteiger partial charge on any atom is 0.305 e. The molecule has 2 amide bonds. The molecule has 0 radical (unpaired) electrons. The van der Waals surface area contributed by atoms with Crippen molar-refractivity contribution in [3.05, 3.63) is 35.9 Å². The van der Waals surface area contributed by atoms with E-state index in [9.17, 15) is 14.4 Å². The van der Waals surface area contributed by atoms with Crippen molar-refractivity contribution in [3.63, 3.8) is 0 Å². The van der Waals surface area contributed by atoms with Crippen LogP contribution in [0.2, 0.25) is 0 Å². The molecule has 0 aliphatic heterocycles. The molecule has 0 unspecified atom stereocenters. The van der Waals surface area contributed by atoms with Crippen molar-refractivity contribution in [2.45, 2.75) is 6.42 Å². The summed E-state index contributed by atoms with van der Waals surface area (Å²) in [6, 6.07) is 8.51. The molecule has 0 atom stereocenters. The van der Waals surface area contributed by atoms with Gasteiger partial charge in [0.15, 0.2) is 0 Å². The fraction of sp³-hybridized carbons (Fsp3) is 0.250. The maximum atomic E-state index is 11.5. The van der Waals surface area contributed by atoms with Gasteiger partial charge in [-0.15, -0.1) is 0 Å². The lowest BCUT2D eigenvalue weighted by atomic mass is 10.2. The molecule has 1 aromatic carbocycles. The van der Waals surface area contributed by atoms with Crippen molar-refractivity contribution in [2.75, 3.05) is 13.1 Å². The highest BCUT2D eigenvalue weighted by atomic mass is 16.4. The first-order valence-electron chi connectivity index (χ1n) is 5.41. The summed E-state index contributed by atoms with van der Waals surface area (Å²) in [5.74, 6) is -1.74. The molecule has 0 aliphatic rings. The summed E-state index contributed by atoms with van der Waals surface area (Å²) in [6.07, 6.45) is -0.141. The minimum absolute atomic E-state index is 0.0510. The van der Waals surface area contributed by atoms with Crippen LogP contribution in [0.1, 0.15) is 16.8 Å². The molecular formula is C12H14N2O4. The molecule has 0 bridgehead atoms. The zero-order chi connectivity index (χ0) is 13.4. The Hall–Kier alpha value is -2.37. The fourth-order valence-corrected chi connectivity index (χ4v) is 1.22. The summed E-state index contributed by atoms with van der Waals surface area (Å²) in [4.78, 5) is 33.0. The highest BCUT2D eigenvalue weighted by molar-refractivity contribution is 5.96. The summed E-state index contributed by atoms with van der Waals surface area (Å²) >= 11 is 0. The van der Waals surface area contributed by atoms with E-state index in [0.29, 0.717) is 5.56 Å². The summed E-state index contributed by atoms with van der Waals surface area (Å²) in [5, 5.41) is 13.2. The van der Waals surface area contributed by atoms with Gasteiger partial charge in [-0.25, -0.2) is 0 Å². The van der Waals surface area contributed by atoms with Gasteiger partial charge in [-0.1, -0.05) is 18.2 Å². The van der Waals surface area contributed by atoms with E-state index in [0.717, 1.165) is 0 Å². The Labute approximate surface area is 104 Å². The molecule has 0 spiro atoms. The molecule has 6 heteroatoms. The quantitative estimate of drug-likeness (QED) is 0.662. The van der Waals surface area contributed by atoms with Gasteiger partial charge < -0.3 is 15.7 Å². The third-order valence-corrected chi connectivity index (χ3v) is 2.11. The summed E-state index contributed by atoms with van der Waals surface area (Å²) in [7, 11) is 0. The van der Waals surface area contributed by atoms with Crippen molar-refractivity contribution in [1.82, 2.24) is 10.6 Å². The molecule has 1 aromatic rings. The molecule has 1 rings (SSSR count). The molecule has 0 saturated carbocycles. The topological polar surface area (TPSA) is 95.5 Å². The van der Waals surface area contributed by atoms with Crippen molar-refractivity contribution in [1.29, 1.82) is 0 Å². The standard InChI is InChI=1S/C12H14N2O4/c15-10(13-7-6-11(16)17)8-14-12(18)9-4-2-1-3-5-9/h1-5H,6-8H2,(H,13,15)(H,14,18)(H,16,17). The number of carboxylic acids is 1. The summed E-state index contributed by atoms with van der Waals surface area (Å²) in [6.45, 7) is -0.122. The average molecular weight is 250 g/mol. The Morgan fingerprint density at radius 3 is 2.33 bits per heavy atom. The minimum Gasteiger partial charge on any atom is -0.481 e. The Balaban J connectivity index is 2.26. The third kappa shape index (κ3) is 5.11. The molecule has 0 heterocycles. The molecule has 96 valence electrons. The summed E-state index contributed by atoms with van der Waals surface area (Å²) < 4.78 is 0. The van der Waals surface area contributed by atoms with Crippen LogP contribution in [-0.2, 0) is 9.59 Å². The van der Waals surface area contributed by atoms with Crippen LogP contribution < -0.4 is 10.6 Å². The third-order valence-electron chi connectivity index (χ3n) is 2.11. The van der Waals surface area contributed by atoms with Gasteiger partial charge in [0.25, 0.3) is 5.91 Å². The van der Waals surface area contributed by atoms with Crippen molar-refractivity contribution in [3.8, 4) is 0 Å². The van der Waals surface area contributed by atoms with Crippen LogP contribution in [-0.4, -0.2) is 36.0 Å². The van der Waals surface area contributed by atoms with Gasteiger partial charge in [0.05, 0.1) is 13.0 Å². The second-order valence-corrected chi connectivity index (χ2v) is 3.54. The van der Waals surface area contributed by atoms with Crippen LogP contribution in [0.5, 0.6) is 0 Å². The van der Waals surface area contributed by atoms with E-state index in [1.54, 1.807) is 30.3 Å². The SMILES string of the molecule is O=C(O)CCNC(=O)CNC(=O)c1ccccc1. The first-order chi connectivity index (χ1) is 8.59. The van der Waals surface area contributed by atoms with E-state index < -0.39 is 11.9 Å². The number of carboxylic acid groups (broad SMARTS) is 1. The number of nitrogens with one attached hydrogen (secondary N) is 2. The lowest BCUT2D eigenvalue weighted by molar-refractivity contribution is -0.136. The van der Waals surface area contributed by atoms with E-state index >= 15 is 0 Å². The Kier molecular flexibility index (Phi) is 5.37. The molecule has 0 aliphatic carbocycles. The number of carbonyl (C=O) groups is 3. The highest BCUT2D eigenvalue weighted by Crippen LogP contribution is 1.97. The number of amides is 2. The van der Waals surface area contributed by atoms with E-state index in [-0.39, 0.29) is 25.4 Å². The van der Waals surface area contributed by atoms with Crippen molar-refractivity contribution < 1.29 is 19.5 Å². The van der Waals surface area contributed by atoms with Crippen LogP contribution in [0.4, 0.5) is 0 Å². The van der Waals surface area contributed by atoms with E-state index in [2.05, 4.69) is 10.6 Å². The second-order valence-electron chi connectivity index (χ2n) is 3.54. The number of rotatable bonds is 6. The predicted molar refractivity (Wildman–Crippen MR) is 64.0 cm³/mol. The van der Waals surface area contributed by atoms with E-state index in [4.69, 9.17) is 5.11 Å². The lowest BCUT2D eigenvalue weighted by Crippen LogP contribution is -2.37. The summed E-state index contributed by atoms with van der Waals surface area (Å²) in [5.41, 5.74) is 0.468. The Morgan fingerprint density at radius 2 is 1.72 bits per heavy atom. The van der Waals surface area contributed by atoms with Crippen LogP contribution in [0.3, 0.4) is 0 Å². The van der Waals surface area contributed by atoms with E-state index in [1.807, 2.05) is 0 Å². The van der Waals surface area contributed by atoms with Gasteiger partial charge in [0, 0.05) is 12.1 Å². The van der Waals surface area contributed by atoms with Crippen LogP contribution in [0.15, 0.2) is 30.3 Å². The molecule has 3 N–H and O–H groups in total.